The fourth-order valence-electron chi connectivity index (χ4n) is 3.78. The molecule has 0 saturated carbocycles. The Morgan fingerprint density at radius 2 is 1.22 bits per heavy atom. The second-order valence-electron chi connectivity index (χ2n) is 7.25. The summed E-state index contributed by atoms with van der Waals surface area (Å²) in [6.07, 6.45) is 3.65. The maximum absolute atomic E-state index is 5.34. The van der Waals surface area contributed by atoms with E-state index >= 15 is 0 Å². The van der Waals surface area contributed by atoms with Crippen molar-refractivity contribution >= 4 is 22.7 Å². The SMILES string of the molecule is COc1ccc(N(c2ccc(N(C)C)cc2)c2ccc3c(c2)CCC3)cc1. The minimum Gasteiger partial charge on any atom is -0.497 e. The third-order valence-electron chi connectivity index (χ3n) is 5.30. The average molecular weight is 358 g/mol. The number of fused-ring (bicyclic) bond motifs is 1. The van der Waals surface area contributed by atoms with Crippen LogP contribution in [0.4, 0.5) is 22.7 Å². The summed E-state index contributed by atoms with van der Waals surface area (Å²) in [4.78, 5) is 4.44. The molecule has 0 atom stereocenters. The molecule has 0 N–H and O–H groups in total. The van der Waals surface area contributed by atoms with Crippen LogP contribution in [0.5, 0.6) is 5.75 Å². The van der Waals surface area contributed by atoms with Gasteiger partial charge in [-0.25, -0.2) is 0 Å². The smallest absolute Gasteiger partial charge is 0.119 e. The first kappa shape index (κ1) is 17.5. The highest BCUT2D eigenvalue weighted by Crippen LogP contribution is 2.38. The summed E-state index contributed by atoms with van der Waals surface area (Å²) in [6.45, 7) is 0. The molecule has 3 heteroatoms. The van der Waals surface area contributed by atoms with Gasteiger partial charge in [0.1, 0.15) is 5.75 Å². The zero-order chi connectivity index (χ0) is 18.8. The van der Waals surface area contributed by atoms with Crippen LogP contribution >= 0.6 is 0 Å². The third-order valence-corrected chi connectivity index (χ3v) is 5.30. The molecule has 0 heterocycles. The highest BCUT2D eigenvalue weighted by atomic mass is 16.5. The predicted molar refractivity (Wildman–Crippen MR) is 114 cm³/mol. The van der Waals surface area contributed by atoms with E-state index in [1.54, 1.807) is 7.11 Å². The Bertz CT molecular complexity index is 914. The van der Waals surface area contributed by atoms with Crippen molar-refractivity contribution < 1.29 is 4.74 Å². The van der Waals surface area contributed by atoms with E-state index in [4.69, 9.17) is 4.74 Å². The zero-order valence-corrected chi connectivity index (χ0v) is 16.3. The number of aryl methyl sites for hydroxylation is 2. The zero-order valence-electron chi connectivity index (χ0n) is 16.3. The Labute approximate surface area is 161 Å². The van der Waals surface area contributed by atoms with Gasteiger partial charge in [-0.1, -0.05) is 6.07 Å². The van der Waals surface area contributed by atoms with Gasteiger partial charge in [0.15, 0.2) is 0 Å². The molecule has 0 fully saturated rings. The Balaban J connectivity index is 1.79. The van der Waals surface area contributed by atoms with Crippen LogP contribution in [-0.4, -0.2) is 21.2 Å². The quantitative estimate of drug-likeness (QED) is 0.580. The number of ether oxygens (including phenoxy) is 1. The van der Waals surface area contributed by atoms with Crippen LogP contribution in [0.25, 0.3) is 0 Å². The topological polar surface area (TPSA) is 15.7 Å². The van der Waals surface area contributed by atoms with Crippen LogP contribution in [0.3, 0.4) is 0 Å². The first-order valence-corrected chi connectivity index (χ1v) is 9.49. The van der Waals surface area contributed by atoms with Gasteiger partial charge >= 0.3 is 0 Å². The van der Waals surface area contributed by atoms with Gasteiger partial charge in [-0.15, -0.1) is 0 Å². The predicted octanol–water partition coefficient (Wildman–Crippen LogP) is 5.72. The molecular formula is C24H26N2O. The van der Waals surface area contributed by atoms with Crippen molar-refractivity contribution in [2.24, 2.45) is 0 Å². The summed E-state index contributed by atoms with van der Waals surface area (Å²) in [5, 5.41) is 0. The Kier molecular flexibility index (Phi) is 4.76. The standard InChI is InChI=1S/C24H26N2O/c1-25(2)20-9-11-21(12-10-20)26(22-13-15-24(27-3)16-14-22)23-8-7-18-5-4-6-19(18)17-23/h7-17H,4-6H2,1-3H3. The van der Waals surface area contributed by atoms with E-state index in [9.17, 15) is 0 Å². The van der Waals surface area contributed by atoms with Gasteiger partial charge in [0.25, 0.3) is 0 Å². The Morgan fingerprint density at radius 3 is 1.85 bits per heavy atom. The van der Waals surface area contributed by atoms with Crippen LogP contribution < -0.4 is 14.5 Å². The highest BCUT2D eigenvalue weighted by molar-refractivity contribution is 5.78. The molecule has 0 bridgehead atoms. The second kappa shape index (κ2) is 7.36. The Hall–Kier alpha value is -2.94. The fraction of sp³-hybridized carbons (Fsp3) is 0.250. The summed E-state index contributed by atoms with van der Waals surface area (Å²) in [6, 6.07) is 23.9. The summed E-state index contributed by atoms with van der Waals surface area (Å²) in [7, 11) is 5.83. The van der Waals surface area contributed by atoms with Gasteiger partial charge in [0, 0.05) is 36.8 Å². The molecule has 1 aliphatic rings. The van der Waals surface area contributed by atoms with Crippen molar-refractivity contribution in [1.29, 1.82) is 0 Å². The average Bonchev–Trinajstić information content (AvgIpc) is 3.17. The van der Waals surface area contributed by atoms with Gasteiger partial charge in [-0.3, -0.25) is 0 Å². The lowest BCUT2D eigenvalue weighted by atomic mass is 10.1. The number of hydrogen-bond donors (Lipinski definition) is 0. The lowest BCUT2D eigenvalue weighted by Gasteiger charge is -2.27. The highest BCUT2D eigenvalue weighted by Gasteiger charge is 2.17. The minimum atomic E-state index is 0.871. The monoisotopic (exact) mass is 358 g/mol. The number of rotatable bonds is 5. The van der Waals surface area contributed by atoms with E-state index in [0.717, 1.165) is 17.1 Å². The number of methoxy groups -OCH3 is 1. The third kappa shape index (κ3) is 3.50. The summed E-state index contributed by atoms with van der Waals surface area (Å²) in [5.41, 5.74) is 7.67. The molecule has 1 aliphatic carbocycles. The maximum atomic E-state index is 5.34. The molecule has 3 aromatic carbocycles. The van der Waals surface area contributed by atoms with Crippen molar-refractivity contribution in [3.05, 3.63) is 77.9 Å². The van der Waals surface area contributed by atoms with Crippen LogP contribution in [0.1, 0.15) is 17.5 Å². The van der Waals surface area contributed by atoms with Gasteiger partial charge in [-0.05, 0) is 91.1 Å². The fourth-order valence-corrected chi connectivity index (χ4v) is 3.78. The van der Waals surface area contributed by atoms with Gasteiger partial charge < -0.3 is 14.5 Å². The molecule has 0 radical (unpaired) electrons. The van der Waals surface area contributed by atoms with Crippen LogP contribution in [0.2, 0.25) is 0 Å². The molecule has 138 valence electrons. The van der Waals surface area contributed by atoms with Crippen LogP contribution in [-0.2, 0) is 12.8 Å². The van der Waals surface area contributed by atoms with Crippen molar-refractivity contribution in [3.8, 4) is 5.75 Å². The van der Waals surface area contributed by atoms with E-state index in [2.05, 4.69) is 78.5 Å². The first-order valence-electron chi connectivity index (χ1n) is 9.49. The van der Waals surface area contributed by atoms with Crippen molar-refractivity contribution in [1.82, 2.24) is 0 Å². The molecule has 0 spiro atoms. The van der Waals surface area contributed by atoms with E-state index in [-0.39, 0.29) is 0 Å². The second-order valence-corrected chi connectivity index (χ2v) is 7.25. The summed E-state index contributed by atoms with van der Waals surface area (Å²) >= 11 is 0. The molecular weight excluding hydrogens is 332 g/mol. The molecule has 27 heavy (non-hydrogen) atoms. The van der Waals surface area contributed by atoms with Crippen LogP contribution in [0, 0.1) is 0 Å². The summed E-state index contributed by atoms with van der Waals surface area (Å²) < 4.78 is 5.34. The van der Waals surface area contributed by atoms with Crippen molar-refractivity contribution in [2.75, 3.05) is 31.0 Å². The molecule has 3 aromatic rings. The molecule has 0 amide bonds. The lowest BCUT2D eigenvalue weighted by molar-refractivity contribution is 0.415. The van der Waals surface area contributed by atoms with Crippen molar-refractivity contribution in [3.63, 3.8) is 0 Å². The maximum Gasteiger partial charge on any atom is 0.119 e. The van der Waals surface area contributed by atoms with Crippen LogP contribution in [0.15, 0.2) is 66.7 Å². The number of nitrogens with zero attached hydrogens (tertiary/aromatic N) is 2. The number of benzene rings is 3. The van der Waals surface area contributed by atoms with E-state index in [1.165, 1.54) is 41.8 Å². The number of hydrogen-bond acceptors (Lipinski definition) is 3. The normalized spacial score (nSPS) is 12.6. The van der Waals surface area contributed by atoms with Gasteiger partial charge in [0.2, 0.25) is 0 Å². The van der Waals surface area contributed by atoms with Gasteiger partial charge in [0.05, 0.1) is 7.11 Å². The van der Waals surface area contributed by atoms with Crippen molar-refractivity contribution in [2.45, 2.75) is 19.3 Å². The minimum absolute atomic E-state index is 0.871. The van der Waals surface area contributed by atoms with E-state index in [1.807, 2.05) is 12.1 Å². The van der Waals surface area contributed by atoms with Gasteiger partial charge in [-0.2, -0.15) is 0 Å². The first-order chi connectivity index (χ1) is 13.2. The number of anilines is 4. The lowest BCUT2D eigenvalue weighted by Crippen LogP contribution is -2.12. The molecule has 4 rings (SSSR count). The molecule has 3 nitrogen and oxygen atoms in total. The molecule has 0 aliphatic heterocycles. The summed E-state index contributed by atoms with van der Waals surface area (Å²) in [5.74, 6) is 0.871. The molecule has 0 unspecified atom stereocenters. The molecule has 0 saturated heterocycles. The Morgan fingerprint density at radius 1 is 0.667 bits per heavy atom. The largest absolute Gasteiger partial charge is 0.497 e. The van der Waals surface area contributed by atoms with E-state index < -0.39 is 0 Å². The molecule has 0 aromatic heterocycles. The van der Waals surface area contributed by atoms with E-state index in [0.29, 0.717) is 0 Å².